The van der Waals surface area contributed by atoms with Crippen LogP contribution in [0.1, 0.15) is 21.0 Å². The first-order chi connectivity index (χ1) is 11.7. The molecule has 0 aliphatic rings. The van der Waals surface area contributed by atoms with E-state index in [1.165, 1.54) is 12.4 Å². The molecule has 0 bridgehead atoms. The van der Waals surface area contributed by atoms with Gasteiger partial charge in [-0.3, -0.25) is 19.6 Å². The lowest BCUT2D eigenvalue weighted by molar-refractivity contribution is 0.101. The second-order valence-corrected chi connectivity index (χ2v) is 4.75. The van der Waals surface area contributed by atoms with E-state index in [1.807, 2.05) is 0 Å². The van der Waals surface area contributed by atoms with Crippen molar-refractivity contribution in [2.75, 3.05) is 10.6 Å². The molecule has 3 aromatic heterocycles. The Balaban J connectivity index is 1.70. The van der Waals surface area contributed by atoms with Crippen LogP contribution < -0.4 is 10.6 Å². The lowest BCUT2D eigenvalue weighted by Crippen LogP contribution is -2.17. The minimum Gasteiger partial charge on any atom is -0.305 e. The molecule has 0 spiro atoms. The largest absolute Gasteiger partial charge is 0.305 e. The van der Waals surface area contributed by atoms with Crippen molar-refractivity contribution in [2.24, 2.45) is 0 Å². The maximum Gasteiger partial charge on any atom is 0.275 e. The Morgan fingerprint density at radius 3 is 1.58 bits per heavy atom. The molecule has 24 heavy (non-hydrogen) atoms. The van der Waals surface area contributed by atoms with Crippen molar-refractivity contribution in [1.82, 2.24) is 15.0 Å². The molecule has 2 N–H and O–H groups in total. The lowest BCUT2D eigenvalue weighted by Gasteiger charge is -2.07. The Bertz CT molecular complexity index is 784. The number of aromatic nitrogens is 3. The Hall–Kier alpha value is -3.61. The number of hydrogen-bond acceptors (Lipinski definition) is 5. The Kier molecular flexibility index (Phi) is 4.52. The quantitative estimate of drug-likeness (QED) is 0.769. The van der Waals surface area contributed by atoms with E-state index in [0.717, 1.165) is 0 Å². The van der Waals surface area contributed by atoms with E-state index in [4.69, 9.17) is 0 Å². The van der Waals surface area contributed by atoms with Crippen molar-refractivity contribution in [3.05, 3.63) is 78.4 Å². The highest BCUT2D eigenvalue weighted by atomic mass is 16.2. The number of amides is 2. The van der Waals surface area contributed by atoms with Crippen LogP contribution in [-0.4, -0.2) is 26.8 Å². The zero-order chi connectivity index (χ0) is 16.8. The molecule has 3 rings (SSSR count). The van der Waals surface area contributed by atoms with E-state index in [-0.39, 0.29) is 23.2 Å². The Labute approximate surface area is 137 Å². The zero-order valence-electron chi connectivity index (χ0n) is 12.5. The van der Waals surface area contributed by atoms with Crippen LogP contribution in [0.3, 0.4) is 0 Å². The molecule has 0 radical (unpaired) electrons. The second-order valence-electron chi connectivity index (χ2n) is 4.75. The fourth-order valence-corrected chi connectivity index (χ4v) is 1.93. The monoisotopic (exact) mass is 319 g/mol. The summed E-state index contributed by atoms with van der Waals surface area (Å²) in [5.74, 6) is -0.137. The van der Waals surface area contributed by atoms with Gasteiger partial charge in [-0.15, -0.1) is 0 Å². The molecule has 0 unspecified atom stereocenters. The second kappa shape index (κ2) is 7.10. The highest BCUT2D eigenvalue weighted by Crippen LogP contribution is 2.11. The number of rotatable bonds is 4. The number of hydrogen-bond donors (Lipinski definition) is 2. The van der Waals surface area contributed by atoms with E-state index in [9.17, 15) is 9.59 Å². The van der Waals surface area contributed by atoms with Crippen LogP contribution in [0.2, 0.25) is 0 Å². The summed E-state index contributed by atoms with van der Waals surface area (Å²) >= 11 is 0. The molecule has 0 fully saturated rings. The van der Waals surface area contributed by atoms with Crippen LogP contribution in [0.25, 0.3) is 0 Å². The summed E-state index contributed by atoms with van der Waals surface area (Å²) in [5, 5.41) is 5.26. The lowest BCUT2D eigenvalue weighted by atomic mass is 10.3. The first kappa shape index (κ1) is 15.3. The van der Waals surface area contributed by atoms with Crippen molar-refractivity contribution in [3.8, 4) is 0 Å². The van der Waals surface area contributed by atoms with E-state index in [1.54, 1.807) is 54.6 Å². The van der Waals surface area contributed by atoms with Crippen LogP contribution in [0.15, 0.2) is 67.0 Å². The summed E-state index contributed by atoms with van der Waals surface area (Å²) in [7, 11) is 0. The molecule has 118 valence electrons. The van der Waals surface area contributed by atoms with Crippen LogP contribution in [0, 0.1) is 0 Å². The minimum absolute atomic E-state index is 0.280. The van der Waals surface area contributed by atoms with Gasteiger partial charge >= 0.3 is 0 Å². The van der Waals surface area contributed by atoms with Gasteiger partial charge in [-0.05, 0) is 36.4 Å². The molecular weight excluding hydrogens is 306 g/mol. The third kappa shape index (κ3) is 3.77. The summed E-state index contributed by atoms with van der Waals surface area (Å²) in [6, 6.07) is 15.0. The molecule has 7 nitrogen and oxygen atoms in total. The Morgan fingerprint density at radius 2 is 1.17 bits per heavy atom. The zero-order valence-corrected chi connectivity index (χ0v) is 12.5. The first-order valence-electron chi connectivity index (χ1n) is 7.14. The van der Waals surface area contributed by atoms with Gasteiger partial charge in [-0.1, -0.05) is 18.2 Å². The van der Waals surface area contributed by atoms with Gasteiger partial charge < -0.3 is 10.6 Å². The molecule has 0 aliphatic heterocycles. The number of carbonyl (C=O) groups excluding carboxylic acids is 2. The normalized spacial score (nSPS) is 10.0. The van der Waals surface area contributed by atoms with Crippen molar-refractivity contribution < 1.29 is 9.59 Å². The summed E-state index contributed by atoms with van der Waals surface area (Å²) in [5.41, 5.74) is 0.560. The molecule has 2 amide bonds. The number of pyridine rings is 3. The molecule has 0 saturated carbocycles. The van der Waals surface area contributed by atoms with Gasteiger partial charge in [-0.2, -0.15) is 0 Å². The molecule has 0 aliphatic carbocycles. The first-order valence-corrected chi connectivity index (χ1v) is 7.14. The van der Waals surface area contributed by atoms with Gasteiger partial charge in [-0.25, -0.2) is 4.98 Å². The van der Waals surface area contributed by atoms with Gasteiger partial charge in [0.1, 0.15) is 23.0 Å². The number of nitrogens with zero attached hydrogens (tertiary/aromatic N) is 3. The highest BCUT2D eigenvalue weighted by Gasteiger charge is 2.10. The van der Waals surface area contributed by atoms with Crippen LogP contribution in [-0.2, 0) is 0 Å². The molecular formula is C17H13N5O2. The Morgan fingerprint density at radius 1 is 0.667 bits per heavy atom. The SMILES string of the molecule is O=C(Nc1cccc(NC(=O)c2ccccn2)n1)c1ccccn1. The molecule has 7 heteroatoms. The van der Waals surface area contributed by atoms with E-state index < -0.39 is 0 Å². The maximum atomic E-state index is 12.1. The predicted molar refractivity (Wildman–Crippen MR) is 88.6 cm³/mol. The number of nitrogens with one attached hydrogen (secondary N) is 2. The van der Waals surface area contributed by atoms with Gasteiger partial charge in [0.25, 0.3) is 11.8 Å². The molecule has 3 aromatic rings. The van der Waals surface area contributed by atoms with Crippen LogP contribution in [0.4, 0.5) is 11.6 Å². The number of carbonyl (C=O) groups is 2. The van der Waals surface area contributed by atoms with Crippen LogP contribution >= 0.6 is 0 Å². The summed E-state index contributed by atoms with van der Waals surface area (Å²) in [4.78, 5) is 36.2. The molecule has 0 atom stereocenters. The van der Waals surface area contributed by atoms with Gasteiger partial charge in [0.2, 0.25) is 0 Å². The van der Waals surface area contributed by atoms with Crippen molar-refractivity contribution in [1.29, 1.82) is 0 Å². The van der Waals surface area contributed by atoms with Gasteiger partial charge in [0.05, 0.1) is 0 Å². The van der Waals surface area contributed by atoms with Crippen molar-refractivity contribution >= 4 is 23.5 Å². The average Bonchev–Trinajstić information content (AvgIpc) is 2.63. The van der Waals surface area contributed by atoms with E-state index in [2.05, 4.69) is 25.6 Å². The topological polar surface area (TPSA) is 96.9 Å². The fraction of sp³-hybridized carbons (Fsp3) is 0. The van der Waals surface area contributed by atoms with Gasteiger partial charge in [0, 0.05) is 12.4 Å². The third-order valence-electron chi connectivity index (χ3n) is 3.03. The summed E-state index contributed by atoms with van der Waals surface area (Å²) in [6.45, 7) is 0. The van der Waals surface area contributed by atoms with Crippen molar-refractivity contribution in [3.63, 3.8) is 0 Å². The van der Waals surface area contributed by atoms with Crippen LogP contribution in [0.5, 0.6) is 0 Å². The molecule has 0 aromatic carbocycles. The molecule has 0 saturated heterocycles. The minimum atomic E-state index is -0.378. The fourth-order valence-electron chi connectivity index (χ4n) is 1.93. The standard InChI is InChI=1S/C17H13N5O2/c23-16(12-6-1-3-10-18-12)21-14-8-5-9-15(20-14)22-17(24)13-7-2-4-11-19-13/h1-11H,(H2,20,21,22,23,24). The molecule has 3 heterocycles. The van der Waals surface area contributed by atoms with E-state index >= 15 is 0 Å². The average molecular weight is 319 g/mol. The number of anilines is 2. The van der Waals surface area contributed by atoms with Crippen molar-refractivity contribution in [2.45, 2.75) is 0 Å². The highest BCUT2D eigenvalue weighted by molar-refractivity contribution is 6.03. The smallest absolute Gasteiger partial charge is 0.275 e. The van der Waals surface area contributed by atoms with E-state index in [0.29, 0.717) is 11.6 Å². The summed E-state index contributed by atoms with van der Waals surface area (Å²) in [6.07, 6.45) is 3.07. The maximum absolute atomic E-state index is 12.1. The predicted octanol–water partition coefficient (Wildman–Crippen LogP) is 2.38. The van der Waals surface area contributed by atoms with Gasteiger partial charge in [0.15, 0.2) is 0 Å². The third-order valence-corrected chi connectivity index (χ3v) is 3.03. The summed E-state index contributed by atoms with van der Waals surface area (Å²) < 4.78 is 0.